The second-order valence-corrected chi connectivity index (χ2v) is 13.6. The highest BCUT2D eigenvalue weighted by atomic mass is 35.5. The number of para-hydroxylation sites is 1. The van der Waals surface area contributed by atoms with E-state index in [2.05, 4.69) is 24.5 Å². The molecule has 0 aliphatic heterocycles. The second-order valence-electron chi connectivity index (χ2n) is 13.2. The maximum Gasteiger partial charge on any atom is 0.408 e. The van der Waals surface area contributed by atoms with Gasteiger partial charge in [0.1, 0.15) is 17.7 Å². The van der Waals surface area contributed by atoms with Gasteiger partial charge >= 0.3 is 6.09 Å². The molecule has 242 valence electrons. The van der Waals surface area contributed by atoms with Crippen LogP contribution in [0.2, 0.25) is 5.02 Å². The molecule has 3 aromatic carbocycles. The summed E-state index contributed by atoms with van der Waals surface area (Å²) < 4.78 is 5.57. The molecule has 0 radical (unpaired) electrons. The Balaban J connectivity index is 2.16. The summed E-state index contributed by atoms with van der Waals surface area (Å²) in [6.45, 7) is 15.4. The highest BCUT2D eigenvalue weighted by molar-refractivity contribution is 6.34. The van der Waals surface area contributed by atoms with Crippen molar-refractivity contribution in [1.82, 2.24) is 10.2 Å². The minimum Gasteiger partial charge on any atom is -0.444 e. The maximum absolute atomic E-state index is 14.9. The van der Waals surface area contributed by atoms with Gasteiger partial charge in [0.2, 0.25) is 5.91 Å². The molecule has 0 aliphatic carbocycles. The summed E-state index contributed by atoms with van der Waals surface area (Å²) in [7, 11) is 0. The number of aryl methyl sites for hydroxylation is 2. The number of carbonyl (C=O) groups excluding carboxylic acids is 3. The number of benzene rings is 3. The highest BCUT2D eigenvalue weighted by Gasteiger charge is 2.39. The molecule has 0 spiro atoms. The first kappa shape index (κ1) is 35.6. The molecule has 3 aromatic rings. The van der Waals surface area contributed by atoms with Crippen molar-refractivity contribution in [3.8, 4) is 0 Å². The molecule has 0 fully saturated rings. The zero-order valence-electron chi connectivity index (χ0n) is 27.8. The predicted octanol–water partition coefficient (Wildman–Crippen LogP) is 8.43. The van der Waals surface area contributed by atoms with Gasteiger partial charge in [-0.25, -0.2) is 4.79 Å². The third-order valence-electron chi connectivity index (χ3n) is 7.52. The van der Waals surface area contributed by atoms with Crippen LogP contribution in [0.3, 0.4) is 0 Å². The average molecular weight is 634 g/mol. The lowest BCUT2D eigenvalue weighted by Crippen LogP contribution is -2.55. The number of ether oxygens (including phenoxy) is 1. The Kier molecular flexibility index (Phi) is 12.6. The first-order valence-corrected chi connectivity index (χ1v) is 16.0. The topological polar surface area (TPSA) is 87.7 Å². The van der Waals surface area contributed by atoms with Crippen LogP contribution < -0.4 is 10.6 Å². The van der Waals surface area contributed by atoms with Gasteiger partial charge in [-0.2, -0.15) is 0 Å². The van der Waals surface area contributed by atoms with E-state index in [9.17, 15) is 14.4 Å². The summed E-state index contributed by atoms with van der Waals surface area (Å²) in [6.07, 6.45) is 1.03. The van der Waals surface area contributed by atoms with E-state index in [-0.39, 0.29) is 18.4 Å². The van der Waals surface area contributed by atoms with Gasteiger partial charge in [0.15, 0.2) is 0 Å². The van der Waals surface area contributed by atoms with Crippen molar-refractivity contribution in [2.45, 2.75) is 98.4 Å². The van der Waals surface area contributed by atoms with Crippen molar-refractivity contribution in [2.75, 3.05) is 5.32 Å². The van der Waals surface area contributed by atoms with E-state index in [1.54, 1.807) is 31.7 Å². The van der Waals surface area contributed by atoms with Crippen molar-refractivity contribution in [3.05, 3.63) is 100 Å². The minimum atomic E-state index is -1.01. The summed E-state index contributed by atoms with van der Waals surface area (Å²) in [4.78, 5) is 44.1. The molecule has 0 bridgehead atoms. The Morgan fingerprint density at radius 2 is 1.56 bits per heavy atom. The molecular formula is C37H48ClN3O4. The molecule has 7 nitrogen and oxygen atoms in total. The number of hydrogen-bond donors (Lipinski definition) is 2. The van der Waals surface area contributed by atoms with E-state index in [0.29, 0.717) is 28.6 Å². The van der Waals surface area contributed by atoms with Gasteiger partial charge in [0.05, 0.1) is 10.7 Å². The Bertz CT molecular complexity index is 1430. The van der Waals surface area contributed by atoms with Crippen LogP contribution in [0.1, 0.15) is 82.7 Å². The smallest absolute Gasteiger partial charge is 0.408 e. The third-order valence-corrected chi connectivity index (χ3v) is 7.83. The lowest BCUT2D eigenvalue weighted by molar-refractivity contribution is -0.143. The van der Waals surface area contributed by atoms with Gasteiger partial charge in [-0.15, -0.1) is 0 Å². The molecule has 2 N–H and O–H groups in total. The number of anilines is 1. The van der Waals surface area contributed by atoms with Crippen LogP contribution in [-0.2, 0) is 20.7 Å². The van der Waals surface area contributed by atoms with E-state index < -0.39 is 29.7 Å². The molecular weight excluding hydrogens is 586 g/mol. The molecule has 0 aromatic heterocycles. The normalized spacial score (nSPS) is 13.5. The Labute approximate surface area is 273 Å². The number of halogens is 1. The molecule has 45 heavy (non-hydrogen) atoms. The molecule has 0 saturated heterocycles. The van der Waals surface area contributed by atoms with Gasteiger partial charge in [-0.1, -0.05) is 97.7 Å². The van der Waals surface area contributed by atoms with Gasteiger partial charge in [-0.3, -0.25) is 9.59 Å². The van der Waals surface area contributed by atoms with E-state index in [1.165, 1.54) is 0 Å². The van der Waals surface area contributed by atoms with Crippen molar-refractivity contribution >= 4 is 35.2 Å². The first-order chi connectivity index (χ1) is 21.2. The average Bonchev–Trinajstić information content (AvgIpc) is 2.95. The Morgan fingerprint density at radius 1 is 0.889 bits per heavy atom. The number of nitrogens with zero attached hydrogens (tertiary/aromatic N) is 1. The first-order valence-electron chi connectivity index (χ1n) is 15.6. The van der Waals surface area contributed by atoms with Crippen LogP contribution in [0.25, 0.3) is 0 Å². The van der Waals surface area contributed by atoms with Gasteiger partial charge in [0.25, 0.3) is 5.91 Å². The summed E-state index contributed by atoms with van der Waals surface area (Å²) in [5.74, 6) is -0.378. The zero-order valence-corrected chi connectivity index (χ0v) is 28.6. The number of alkyl carbamates (subject to hydrolysis) is 1. The molecule has 8 heteroatoms. The molecule has 0 aliphatic rings. The number of nitrogens with one attached hydrogen (secondary N) is 2. The number of carbonyl (C=O) groups is 3. The minimum absolute atomic E-state index is 0.220. The second kappa shape index (κ2) is 15.9. The quantitative estimate of drug-likeness (QED) is 0.210. The van der Waals surface area contributed by atoms with Crippen LogP contribution in [0.15, 0.2) is 72.8 Å². The molecule has 3 rings (SSSR count). The summed E-state index contributed by atoms with van der Waals surface area (Å²) >= 11 is 6.53. The fraction of sp³-hybridized carbons (Fsp3) is 0.432. The lowest BCUT2D eigenvalue weighted by atomic mass is 9.95. The zero-order chi connectivity index (χ0) is 33.3. The van der Waals surface area contributed by atoms with E-state index in [4.69, 9.17) is 16.3 Å². The molecule has 0 heterocycles. The predicted molar refractivity (Wildman–Crippen MR) is 182 cm³/mol. The standard InChI is InChI=1S/C37H48ClN3O4/c1-24(2)20-21-27(5)41(35(43)31(23-28-16-10-9-11-17-28)39-36(44)45-37(6,7)8)33(29-18-12-14-25(3)22-29)34(42)40-32-26(4)15-13-19-30(32)38/h9-19,22,24,27,31,33H,20-21,23H2,1-8H3,(H,39,44)(H,40,42). The van der Waals surface area contributed by atoms with Crippen LogP contribution in [0.4, 0.5) is 10.5 Å². The largest absolute Gasteiger partial charge is 0.444 e. The number of amides is 3. The van der Waals surface area contributed by atoms with Gasteiger partial charge in [-0.05, 0) is 83.1 Å². The van der Waals surface area contributed by atoms with E-state index >= 15 is 0 Å². The van der Waals surface area contributed by atoms with E-state index in [1.807, 2.05) is 87.5 Å². The van der Waals surface area contributed by atoms with Crippen LogP contribution in [0.5, 0.6) is 0 Å². The fourth-order valence-electron chi connectivity index (χ4n) is 5.25. The number of rotatable bonds is 12. The maximum atomic E-state index is 14.9. The van der Waals surface area contributed by atoms with Gasteiger partial charge in [0, 0.05) is 12.5 Å². The van der Waals surface area contributed by atoms with Gasteiger partial charge < -0.3 is 20.3 Å². The molecule has 3 atom stereocenters. The van der Waals surface area contributed by atoms with Crippen molar-refractivity contribution in [2.24, 2.45) is 5.92 Å². The fourth-order valence-corrected chi connectivity index (χ4v) is 5.52. The summed E-state index contributed by atoms with van der Waals surface area (Å²) in [5, 5.41) is 6.28. The van der Waals surface area contributed by atoms with Crippen LogP contribution in [0, 0.1) is 19.8 Å². The third kappa shape index (κ3) is 10.6. The van der Waals surface area contributed by atoms with Crippen LogP contribution in [-0.4, -0.2) is 40.5 Å². The van der Waals surface area contributed by atoms with Crippen molar-refractivity contribution in [1.29, 1.82) is 0 Å². The summed E-state index contributed by atoms with van der Waals surface area (Å²) in [6, 6.07) is 20.2. The molecule has 0 saturated carbocycles. The SMILES string of the molecule is Cc1cccc(C(C(=O)Nc2c(C)cccc2Cl)N(C(=O)C(Cc2ccccc2)NC(=O)OC(C)(C)C)C(C)CCC(C)C)c1. The van der Waals surface area contributed by atoms with E-state index in [0.717, 1.165) is 23.1 Å². The number of hydrogen-bond acceptors (Lipinski definition) is 4. The molecule has 3 amide bonds. The summed E-state index contributed by atoms with van der Waals surface area (Å²) in [5.41, 5.74) is 3.03. The van der Waals surface area contributed by atoms with Crippen molar-refractivity contribution in [3.63, 3.8) is 0 Å². The highest BCUT2D eigenvalue weighted by Crippen LogP contribution is 2.32. The Morgan fingerprint density at radius 3 is 2.16 bits per heavy atom. The Hall–Kier alpha value is -3.84. The lowest BCUT2D eigenvalue weighted by Gasteiger charge is -2.39. The van der Waals surface area contributed by atoms with Crippen LogP contribution >= 0.6 is 11.6 Å². The monoisotopic (exact) mass is 633 g/mol. The van der Waals surface area contributed by atoms with Crippen molar-refractivity contribution < 1.29 is 19.1 Å². The molecule has 3 unspecified atom stereocenters.